The minimum atomic E-state index is -0.271. The Morgan fingerprint density at radius 3 is 2.62 bits per heavy atom. The summed E-state index contributed by atoms with van der Waals surface area (Å²) in [6, 6.07) is 10.1. The monoisotopic (exact) mass is 278 g/mol. The van der Waals surface area contributed by atoms with Crippen molar-refractivity contribution >= 4 is 15.9 Å². The highest BCUT2D eigenvalue weighted by atomic mass is 79.9. The number of benzene rings is 1. The fourth-order valence-electron chi connectivity index (χ4n) is 1.88. The number of alkyl halides is 1. The molecule has 1 aromatic carbocycles. The van der Waals surface area contributed by atoms with Crippen molar-refractivity contribution in [2.75, 3.05) is 0 Å². The second-order valence-corrected chi connectivity index (χ2v) is 5.57. The molecule has 2 unspecified atom stereocenters. The fraction of sp³-hybridized carbons (Fsp3) is 0.231. The van der Waals surface area contributed by atoms with Crippen molar-refractivity contribution < 1.29 is 0 Å². The lowest BCUT2D eigenvalue weighted by atomic mass is 9.87. The minimum absolute atomic E-state index is 0.183. The number of hydrogen-bond donors (Lipinski definition) is 2. The van der Waals surface area contributed by atoms with Gasteiger partial charge < -0.3 is 11.5 Å². The van der Waals surface area contributed by atoms with Crippen LogP contribution in [0, 0.1) is 0 Å². The number of allylic oxidation sites excluding steroid dienone is 2. The summed E-state index contributed by atoms with van der Waals surface area (Å²) < 4.78 is -0.271. The van der Waals surface area contributed by atoms with Crippen LogP contribution >= 0.6 is 15.9 Å². The van der Waals surface area contributed by atoms with E-state index in [2.05, 4.69) is 34.1 Å². The van der Waals surface area contributed by atoms with Crippen LogP contribution < -0.4 is 11.5 Å². The van der Waals surface area contributed by atoms with Gasteiger partial charge in [-0.1, -0.05) is 58.4 Å². The number of hydrogen-bond acceptors (Lipinski definition) is 2. The molecule has 0 fully saturated rings. The summed E-state index contributed by atoms with van der Waals surface area (Å²) in [5.41, 5.74) is 13.9. The average Bonchev–Trinajstić information content (AvgIpc) is 2.27. The molecule has 3 heteroatoms. The van der Waals surface area contributed by atoms with Gasteiger partial charge in [0.15, 0.2) is 0 Å². The van der Waals surface area contributed by atoms with E-state index >= 15 is 0 Å². The molecule has 2 nitrogen and oxygen atoms in total. The molecule has 0 aromatic heterocycles. The molecule has 0 aliphatic heterocycles. The van der Waals surface area contributed by atoms with E-state index in [9.17, 15) is 0 Å². The van der Waals surface area contributed by atoms with Gasteiger partial charge in [-0.2, -0.15) is 0 Å². The van der Waals surface area contributed by atoms with Gasteiger partial charge in [0.05, 0.1) is 10.4 Å². The van der Waals surface area contributed by atoms with E-state index in [1.807, 2.05) is 30.4 Å². The predicted molar refractivity (Wildman–Crippen MR) is 71.2 cm³/mol. The first-order chi connectivity index (χ1) is 7.62. The van der Waals surface area contributed by atoms with Gasteiger partial charge in [-0.3, -0.25) is 0 Å². The Morgan fingerprint density at radius 2 is 1.94 bits per heavy atom. The van der Waals surface area contributed by atoms with E-state index < -0.39 is 0 Å². The van der Waals surface area contributed by atoms with Crippen LogP contribution in [0.5, 0.6) is 0 Å². The van der Waals surface area contributed by atoms with Gasteiger partial charge in [0.1, 0.15) is 0 Å². The largest absolute Gasteiger partial charge is 0.401 e. The van der Waals surface area contributed by atoms with Crippen LogP contribution in [0.1, 0.15) is 5.56 Å². The SMILES string of the molecule is NC1=CC=CC(Br)(Cc2ccccc2)C1N. The molecule has 0 saturated heterocycles. The van der Waals surface area contributed by atoms with Gasteiger partial charge in [-0.05, 0) is 18.1 Å². The number of halogens is 1. The van der Waals surface area contributed by atoms with Crippen molar-refractivity contribution in [1.29, 1.82) is 0 Å². The first-order valence-electron chi connectivity index (χ1n) is 5.25. The molecule has 1 aliphatic carbocycles. The predicted octanol–water partition coefficient (Wildman–Crippen LogP) is 2.10. The maximum absolute atomic E-state index is 6.11. The Labute approximate surface area is 104 Å². The fourth-order valence-corrected chi connectivity index (χ4v) is 2.62. The maximum Gasteiger partial charge on any atom is 0.0686 e. The Kier molecular flexibility index (Phi) is 3.17. The molecule has 0 heterocycles. The topological polar surface area (TPSA) is 52.0 Å². The summed E-state index contributed by atoms with van der Waals surface area (Å²) in [6.07, 6.45) is 6.71. The zero-order chi connectivity index (χ0) is 11.6. The maximum atomic E-state index is 6.11. The van der Waals surface area contributed by atoms with Crippen LogP contribution in [0.3, 0.4) is 0 Å². The molecule has 16 heavy (non-hydrogen) atoms. The first-order valence-corrected chi connectivity index (χ1v) is 6.04. The molecule has 0 spiro atoms. The highest BCUT2D eigenvalue weighted by Gasteiger charge is 2.34. The third-order valence-corrected chi connectivity index (χ3v) is 3.89. The molecule has 0 bridgehead atoms. The summed E-state index contributed by atoms with van der Waals surface area (Å²) in [5, 5.41) is 0. The Hall–Kier alpha value is -1.06. The summed E-state index contributed by atoms with van der Waals surface area (Å²) >= 11 is 3.71. The smallest absolute Gasteiger partial charge is 0.0686 e. The molecule has 2 atom stereocenters. The minimum Gasteiger partial charge on any atom is -0.401 e. The van der Waals surface area contributed by atoms with E-state index in [-0.39, 0.29) is 10.4 Å². The van der Waals surface area contributed by atoms with Crippen molar-refractivity contribution in [2.45, 2.75) is 16.8 Å². The van der Waals surface area contributed by atoms with Crippen molar-refractivity contribution in [2.24, 2.45) is 11.5 Å². The van der Waals surface area contributed by atoms with Gasteiger partial charge in [-0.25, -0.2) is 0 Å². The molecular formula is C13H15BrN2. The Morgan fingerprint density at radius 1 is 1.25 bits per heavy atom. The second-order valence-electron chi connectivity index (χ2n) is 4.09. The van der Waals surface area contributed by atoms with Crippen LogP contribution in [0.15, 0.2) is 54.3 Å². The van der Waals surface area contributed by atoms with Crippen molar-refractivity contribution in [1.82, 2.24) is 0 Å². The number of rotatable bonds is 2. The summed E-state index contributed by atoms with van der Waals surface area (Å²) in [6.45, 7) is 0. The summed E-state index contributed by atoms with van der Waals surface area (Å²) in [4.78, 5) is 0. The first kappa shape index (κ1) is 11.4. The lowest BCUT2D eigenvalue weighted by Gasteiger charge is -2.33. The van der Waals surface area contributed by atoms with E-state index in [0.29, 0.717) is 0 Å². The van der Waals surface area contributed by atoms with Crippen LogP contribution in [-0.2, 0) is 6.42 Å². The zero-order valence-electron chi connectivity index (χ0n) is 8.94. The van der Waals surface area contributed by atoms with Gasteiger partial charge >= 0.3 is 0 Å². The van der Waals surface area contributed by atoms with Crippen molar-refractivity contribution in [3.63, 3.8) is 0 Å². The highest BCUT2D eigenvalue weighted by Crippen LogP contribution is 2.32. The van der Waals surface area contributed by atoms with E-state index in [0.717, 1.165) is 12.1 Å². The molecule has 0 radical (unpaired) electrons. The summed E-state index contributed by atoms with van der Waals surface area (Å²) in [5.74, 6) is 0. The lowest BCUT2D eigenvalue weighted by Crippen LogP contribution is -2.48. The van der Waals surface area contributed by atoms with Crippen molar-refractivity contribution in [3.05, 3.63) is 59.8 Å². The summed E-state index contributed by atoms with van der Waals surface area (Å²) in [7, 11) is 0. The molecule has 2 rings (SSSR count). The van der Waals surface area contributed by atoms with E-state index in [1.165, 1.54) is 5.56 Å². The lowest BCUT2D eigenvalue weighted by molar-refractivity contribution is 0.599. The zero-order valence-corrected chi connectivity index (χ0v) is 10.5. The molecule has 1 aliphatic rings. The number of nitrogens with two attached hydrogens (primary N) is 2. The average molecular weight is 279 g/mol. The van der Waals surface area contributed by atoms with Crippen molar-refractivity contribution in [3.8, 4) is 0 Å². The second kappa shape index (κ2) is 4.44. The van der Waals surface area contributed by atoms with Gasteiger partial charge in [0.2, 0.25) is 0 Å². The van der Waals surface area contributed by atoms with Crippen LogP contribution in [0.4, 0.5) is 0 Å². The highest BCUT2D eigenvalue weighted by molar-refractivity contribution is 9.10. The molecule has 0 amide bonds. The van der Waals surface area contributed by atoms with Gasteiger partial charge in [0.25, 0.3) is 0 Å². The normalized spacial score (nSPS) is 28.9. The third kappa shape index (κ3) is 2.20. The Balaban J connectivity index is 2.21. The van der Waals surface area contributed by atoms with Crippen LogP contribution in [-0.4, -0.2) is 10.4 Å². The molecular weight excluding hydrogens is 264 g/mol. The quantitative estimate of drug-likeness (QED) is 0.815. The van der Waals surface area contributed by atoms with E-state index in [1.54, 1.807) is 0 Å². The molecule has 1 aromatic rings. The Bertz CT molecular complexity index is 425. The van der Waals surface area contributed by atoms with E-state index in [4.69, 9.17) is 11.5 Å². The molecule has 0 saturated carbocycles. The van der Waals surface area contributed by atoms with Crippen LogP contribution in [0.2, 0.25) is 0 Å². The third-order valence-electron chi connectivity index (χ3n) is 2.86. The molecule has 84 valence electrons. The van der Waals surface area contributed by atoms with Crippen LogP contribution in [0.25, 0.3) is 0 Å². The standard InChI is InChI=1S/C13H15BrN2/c14-13(8-4-7-11(15)12(13)16)9-10-5-2-1-3-6-10/h1-8,12H,9,15-16H2. The molecule has 4 N–H and O–H groups in total. The van der Waals surface area contributed by atoms with Gasteiger partial charge in [0, 0.05) is 5.70 Å². The van der Waals surface area contributed by atoms with Gasteiger partial charge in [-0.15, -0.1) is 0 Å².